The normalized spacial score (nSPS) is 10.3. The Morgan fingerprint density at radius 3 is 2.83 bits per heavy atom. The third kappa shape index (κ3) is 2.32. The number of ether oxygens (including phenoxy) is 1. The van der Waals surface area contributed by atoms with Crippen molar-refractivity contribution in [3.05, 3.63) is 35.9 Å². The Hall–Kier alpha value is -2.37. The summed E-state index contributed by atoms with van der Waals surface area (Å²) < 4.78 is 6.60. The van der Waals surface area contributed by atoms with Crippen molar-refractivity contribution in [2.75, 3.05) is 12.8 Å². The number of hydrogen-bond acceptors (Lipinski definition) is 5. The van der Waals surface area contributed by atoms with Gasteiger partial charge in [-0.1, -0.05) is 0 Å². The fraction of sp³-hybridized carbons (Fsp3) is 0.250. The molecule has 0 amide bonds. The van der Waals surface area contributed by atoms with Crippen LogP contribution in [0.1, 0.15) is 16.2 Å². The average molecular weight is 246 g/mol. The lowest BCUT2D eigenvalue weighted by Gasteiger charge is -2.06. The summed E-state index contributed by atoms with van der Waals surface area (Å²) in [5, 5.41) is 3.92. The van der Waals surface area contributed by atoms with Crippen LogP contribution in [0.2, 0.25) is 0 Å². The molecule has 0 bridgehead atoms. The Morgan fingerprint density at radius 1 is 1.50 bits per heavy atom. The van der Waals surface area contributed by atoms with E-state index in [1.807, 2.05) is 0 Å². The Bertz CT molecular complexity index is 577. The zero-order valence-electron chi connectivity index (χ0n) is 10.3. The van der Waals surface area contributed by atoms with Gasteiger partial charge >= 0.3 is 0 Å². The number of carbonyl (C=O) groups is 1. The van der Waals surface area contributed by atoms with E-state index >= 15 is 0 Å². The molecule has 0 saturated carbocycles. The molecule has 1 aromatic carbocycles. The van der Waals surface area contributed by atoms with E-state index in [2.05, 4.69) is 10.1 Å². The average Bonchev–Trinajstić information content (AvgIpc) is 2.74. The van der Waals surface area contributed by atoms with Crippen molar-refractivity contribution in [3.8, 4) is 5.75 Å². The monoisotopic (exact) mass is 246 g/mol. The van der Waals surface area contributed by atoms with Crippen molar-refractivity contribution >= 4 is 11.5 Å². The highest BCUT2D eigenvalue weighted by molar-refractivity contribution is 6.01. The first kappa shape index (κ1) is 12.1. The highest BCUT2D eigenvalue weighted by atomic mass is 16.5. The molecule has 1 heterocycles. The molecule has 6 heteroatoms. The molecule has 0 saturated heterocycles. The molecule has 2 rings (SSSR count). The molecule has 0 spiro atoms. The van der Waals surface area contributed by atoms with Crippen LogP contribution in [0, 0.1) is 0 Å². The van der Waals surface area contributed by atoms with Gasteiger partial charge < -0.3 is 10.5 Å². The smallest absolute Gasteiger partial charge is 0.172 e. The van der Waals surface area contributed by atoms with Gasteiger partial charge in [-0.15, -0.1) is 0 Å². The number of aromatic nitrogens is 3. The van der Waals surface area contributed by atoms with E-state index in [0.29, 0.717) is 22.8 Å². The van der Waals surface area contributed by atoms with Crippen molar-refractivity contribution < 1.29 is 9.53 Å². The molecule has 0 fully saturated rings. The standard InChI is InChI=1S/C12H14N4O2/c1-16-12(14-7-15-16)6-11(17)9-4-3-8(18-2)5-10(9)13/h3-5,7H,6,13H2,1-2H3. The van der Waals surface area contributed by atoms with Gasteiger partial charge in [-0.2, -0.15) is 5.10 Å². The second-order valence-electron chi connectivity index (χ2n) is 3.85. The molecule has 2 N–H and O–H groups in total. The highest BCUT2D eigenvalue weighted by Gasteiger charge is 2.14. The first-order valence-corrected chi connectivity index (χ1v) is 5.41. The van der Waals surface area contributed by atoms with Crippen LogP contribution in [0.3, 0.4) is 0 Å². The summed E-state index contributed by atoms with van der Waals surface area (Å²) in [6.07, 6.45) is 1.59. The van der Waals surface area contributed by atoms with Crippen molar-refractivity contribution in [3.63, 3.8) is 0 Å². The molecular formula is C12H14N4O2. The number of hydrogen-bond donors (Lipinski definition) is 1. The van der Waals surface area contributed by atoms with E-state index in [1.165, 1.54) is 6.33 Å². The Kier molecular flexibility index (Phi) is 3.27. The molecule has 0 atom stereocenters. The van der Waals surface area contributed by atoms with Gasteiger partial charge in [0.05, 0.1) is 13.5 Å². The van der Waals surface area contributed by atoms with Gasteiger partial charge in [0.15, 0.2) is 5.78 Å². The van der Waals surface area contributed by atoms with Crippen LogP contribution < -0.4 is 10.5 Å². The van der Waals surface area contributed by atoms with E-state index in [-0.39, 0.29) is 12.2 Å². The maximum atomic E-state index is 12.1. The number of methoxy groups -OCH3 is 1. The lowest BCUT2D eigenvalue weighted by Crippen LogP contribution is -2.11. The van der Waals surface area contributed by atoms with Crippen molar-refractivity contribution in [2.45, 2.75) is 6.42 Å². The van der Waals surface area contributed by atoms with Crippen molar-refractivity contribution in [1.29, 1.82) is 0 Å². The molecule has 2 aromatic rings. The van der Waals surface area contributed by atoms with Crippen LogP contribution in [0.4, 0.5) is 5.69 Å². The fourth-order valence-electron chi connectivity index (χ4n) is 1.64. The predicted octanol–water partition coefficient (Wildman–Crippen LogP) is 0.831. The molecule has 0 radical (unpaired) electrons. The van der Waals surface area contributed by atoms with Crippen molar-refractivity contribution in [2.24, 2.45) is 7.05 Å². The molecule has 0 aliphatic rings. The molecule has 1 aromatic heterocycles. The molecule has 0 aliphatic heterocycles. The minimum Gasteiger partial charge on any atom is -0.497 e. The summed E-state index contributed by atoms with van der Waals surface area (Å²) in [5.74, 6) is 1.14. The second kappa shape index (κ2) is 4.87. The predicted molar refractivity (Wildman–Crippen MR) is 66.4 cm³/mol. The summed E-state index contributed by atoms with van der Waals surface area (Å²) >= 11 is 0. The second-order valence-corrected chi connectivity index (χ2v) is 3.85. The first-order valence-electron chi connectivity index (χ1n) is 5.41. The van der Waals surface area contributed by atoms with E-state index in [4.69, 9.17) is 10.5 Å². The van der Waals surface area contributed by atoms with Crippen LogP contribution in [0.15, 0.2) is 24.5 Å². The van der Waals surface area contributed by atoms with Gasteiger partial charge in [0.25, 0.3) is 0 Å². The number of nitrogens with zero attached hydrogens (tertiary/aromatic N) is 3. The Labute approximate surface area is 104 Å². The Balaban J connectivity index is 2.22. The third-order valence-electron chi connectivity index (χ3n) is 2.68. The number of benzene rings is 1. The zero-order chi connectivity index (χ0) is 13.1. The molecule has 18 heavy (non-hydrogen) atoms. The zero-order valence-corrected chi connectivity index (χ0v) is 10.3. The summed E-state index contributed by atoms with van der Waals surface area (Å²) in [7, 11) is 3.29. The summed E-state index contributed by atoms with van der Waals surface area (Å²) in [4.78, 5) is 16.1. The third-order valence-corrected chi connectivity index (χ3v) is 2.68. The number of Topliss-reactive ketones (excluding diaryl/α,β-unsaturated/α-hetero) is 1. The van der Waals surface area contributed by atoms with Gasteiger partial charge in [0.2, 0.25) is 0 Å². The van der Waals surface area contributed by atoms with E-state index in [9.17, 15) is 4.79 Å². The van der Waals surface area contributed by atoms with Crippen molar-refractivity contribution in [1.82, 2.24) is 14.8 Å². The summed E-state index contributed by atoms with van der Waals surface area (Å²) in [6, 6.07) is 5.00. The van der Waals surface area contributed by atoms with Gasteiger partial charge in [-0.05, 0) is 12.1 Å². The van der Waals surface area contributed by atoms with Crippen LogP contribution in [-0.2, 0) is 13.5 Å². The summed E-state index contributed by atoms with van der Waals surface area (Å²) in [5.41, 5.74) is 6.70. The minimum absolute atomic E-state index is 0.0914. The number of aryl methyl sites for hydroxylation is 1. The van der Waals surface area contributed by atoms with E-state index < -0.39 is 0 Å². The summed E-state index contributed by atoms with van der Waals surface area (Å²) in [6.45, 7) is 0. The first-order chi connectivity index (χ1) is 8.61. The SMILES string of the molecule is COc1ccc(C(=O)Cc2ncnn2C)c(N)c1. The van der Waals surface area contributed by atoms with Crippen LogP contribution in [-0.4, -0.2) is 27.7 Å². The molecule has 0 unspecified atom stereocenters. The van der Waals surface area contributed by atoms with Gasteiger partial charge in [-0.25, -0.2) is 4.98 Å². The number of carbonyl (C=O) groups excluding carboxylic acids is 1. The Morgan fingerprint density at radius 2 is 2.28 bits per heavy atom. The quantitative estimate of drug-likeness (QED) is 0.638. The topological polar surface area (TPSA) is 83.0 Å². The fourth-order valence-corrected chi connectivity index (χ4v) is 1.64. The number of anilines is 1. The molecule has 0 aliphatic carbocycles. The molecule has 6 nitrogen and oxygen atoms in total. The van der Waals surface area contributed by atoms with Crippen LogP contribution in [0.25, 0.3) is 0 Å². The largest absolute Gasteiger partial charge is 0.497 e. The van der Waals surface area contributed by atoms with E-state index in [1.54, 1.807) is 37.0 Å². The maximum absolute atomic E-state index is 12.1. The van der Waals surface area contributed by atoms with Gasteiger partial charge in [-0.3, -0.25) is 9.48 Å². The number of ketones is 1. The highest BCUT2D eigenvalue weighted by Crippen LogP contribution is 2.20. The molecule has 94 valence electrons. The van der Waals surface area contributed by atoms with Crippen LogP contribution >= 0.6 is 0 Å². The number of nitrogens with two attached hydrogens (primary N) is 1. The van der Waals surface area contributed by atoms with E-state index in [0.717, 1.165) is 0 Å². The lowest BCUT2D eigenvalue weighted by molar-refractivity contribution is 0.0990. The van der Waals surface area contributed by atoms with Gasteiger partial charge in [0.1, 0.15) is 17.9 Å². The minimum atomic E-state index is -0.0914. The van der Waals surface area contributed by atoms with Gasteiger partial charge in [0, 0.05) is 24.4 Å². The molecular weight excluding hydrogens is 232 g/mol. The number of rotatable bonds is 4. The maximum Gasteiger partial charge on any atom is 0.172 e. The van der Waals surface area contributed by atoms with Crippen LogP contribution in [0.5, 0.6) is 5.75 Å². The number of nitrogen functional groups attached to an aromatic ring is 1. The lowest BCUT2D eigenvalue weighted by atomic mass is 10.1.